The summed E-state index contributed by atoms with van der Waals surface area (Å²) >= 11 is 0. The maximum atomic E-state index is 11.7. The van der Waals surface area contributed by atoms with Crippen molar-refractivity contribution >= 4 is 5.91 Å². The van der Waals surface area contributed by atoms with Crippen molar-refractivity contribution in [1.82, 2.24) is 5.32 Å². The fourth-order valence-corrected chi connectivity index (χ4v) is 1.78. The van der Waals surface area contributed by atoms with Gasteiger partial charge in [0.1, 0.15) is 0 Å². The van der Waals surface area contributed by atoms with Crippen LogP contribution < -0.4 is 5.32 Å². The molecule has 1 amide bonds. The van der Waals surface area contributed by atoms with Gasteiger partial charge >= 0.3 is 0 Å². The molecule has 0 aromatic heterocycles. The van der Waals surface area contributed by atoms with Gasteiger partial charge in [-0.1, -0.05) is 64.5 Å². The minimum atomic E-state index is 0.132. The van der Waals surface area contributed by atoms with Crippen LogP contribution in [0.4, 0.5) is 0 Å². The Morgan fingerprint density at radius 2 is 2.05 bits per heavy atom. The first-order valence-electron chi connectivity index (χ1n) is 7.85. The Hall–Kier alpha value is -1.31. The molecular formula is C18H31NO. The highest BCUT2D eigenvalue weighted by atomic mass is 16.1. The fraction of sp³-hybridized carbons (Fsp3) is 0.611. The molecule has 0 atom stereocenters. The summed E-state index contributed by atoms with van der Waals surface area (Å²) in [6.07, 6.45) is 14.4. The molecule has 2 nitrogen and oxygen atoms in total. The van der Waals surface area contributed by atoms with E-state index in [2.05, 4.69) is 44.8 Å². The Morgan fingerprint density at radius 1 is 1.30 bits per heavy atom. The van der Waals surface area contributed by atoms with Crippen molar-refractivity contribution in [2.24, 2.45) is 5.92 Å². The average molecular weight is 277 g/mol. The molecule has 0 rings (SSSR count). The topological polar surface area (TPSA) is 29.1 Å². The lowest BCUT2D eigenvalue weighted by Crippen LogP contribution is -2.25. The van der Waals surface area contributed by atoms with E-state index in [0.29, 0.717) is 18.9 Å². The zero-order valence-electron chi connectivity index (χ0n) is 13.5. The van der Waals surface area contributed by atoms with E-state index < -0.39 is 0 Å². The van der Waals surface area contributed by atoms with Gasteiger partial charge in [0.15, 0.2) is 0 Å². The van der Waals surface area contributed by atoms with E-state index in [1.165, 1.54) is 19.3 Å². The highest BCUT2D eigenvalue weighted by molar-refractivity contribution is 5.76. The average Bonchev–Trinajstić information content (AvgIpc) is 2.42. The van der Waals surface area contributed by atoms with Crippen molar-refractivity contribution in [3.05, 3.63) is 36.5 Å². The molecule has 0 fully saturated rings. The Labute approximate surface area is 125 Å². The van der Waals surface area contributed by atoms with Gasteiger partial charge in [-0.25, -0.2) is 0 Å². The summed E-state index contributed by atoms with van der Waals surface area (Å²) in [6.45, 7) is 10.8. The summed E-state index contributed by atoms with van der Waals surface area (Å²) in [7, 11) is 0. The third kappa shape index (κ3) is 11.8. The molecule has 0 saturated heterocycles. The molecule has 2 heteroatoms. The number of amides is 1. The van der Waals surface area contributed by atoms with Gasteiger partial charge in [0.2, 0.25) is 5.91 Å². The Morgan fingerprint density at radius 3 is 2.65 bits per heavy atom. The summed E-state index contributed by atoms with van der Waals surface area (Å²) in [4.78, 5) is 11.7. The molecule has 0 aliphatic carbocycles. The molecule has 0 spiro atoms. The standard InChI is InChI=1S/C18H31NO/c1-5-7-8-9-10-12-17(11-6-2)15-19-18(20)14-13-16(3)4/h6,10-12,16H,2,5,7-9,13-15H2,1,3-4H3,(H,19,20)/b12-10-,17-11+. The number of allylic oxidation sites excluding steroid dienone is 3. The summed E-state index contributed by atoms with van der Waals surface area (Å²) in [5.74, 6) is 0.704. The van der Waals surface area contributed by atoms with Crippen molar-refractivity contribution in [2.75, 3.05) is 6.54 Å². The van der Waals surface area contributed by atoms with E-state index >= 15 is 0 Å². The van der Waals surface area contributed by atoms with E-state index in [1.807, 2.05) is 6.08 Å². The predicted octanol–water partition coefficient (Wildman–Crippen LogP) is 4.79. The monoisotopic (exact) mass is 277 g/mol. The molecule has 1 N–H and O–H groups in total. The minimum absolute atomic E-state index is 0.132. The summed E-state index contributed by atoms with van der Waals surface area (Å²) in [5, 5.41) is 2.97. The normalized spacial score (nSPS) is 12.1. The molecular weight excluding hydrogens is 246 g/mol. The predicted molar refractivity (Wildman–Crippen MR) is 88.6 cm³/mol. The summed E-state index contributed by atoms with van der Waals surface area (Å²) < 4.78 is 0. The van der Waals surface area contributed by atoms with Crippen LogP contribution in [0.25, 0.3) is 0 Å². The van der Waals surface area contributed by atoms with Crippen LogP contribution in [-0.2, 0) is 4.79 Å². The van der Waals surface area contributed by atoms with Gasteiger partial charge in [-0.3, -0.25) is 4.79 Å². The largest absolute Gasteiger partial charge is 0.352 e. The number of unbranched alkanes of at least 4 members (excludes halogenated alkanes) is 3. The minimum Gasteiger partial charge on any atom is -0.352 e. The van der Waals surface area contributed by atoms with Crippen molar-refractivity contribution in [1.29, 1.82) is 0 Å². The highest BCUT2D eigenvalue weighted by Crippen LogP contribution is 2.05. The number of carbonyl (C=O) groups excluding carboxylic acids is 1. The van der Waals surface area contributed by atoms with Crippen LogP contribution in [0.3, 0.4) is 0 Å². The number of nitrogens with one attached hydrogen (secondary N) is 1. The van der Waals surface area contributed by atoms with Crippen LogP contribution >= 0.6 is 0 Å². The first-order chi connectivity index (χ1) is 9.60. The molecule has 0 aromatic carbocycles. The number of carbonyl (C=O) groups is 1. The lowest BCUT2D eigenvalue weighted by molar-refractivity contribution is -0.121. The van der Waals surface area contributed by atoms with Gasteiger partial charge in [-0.05, 0) is 30.8 Å². The third-order valence-corrected chi connectivity index (χ3v) is 3.08. The van der Waals surface area contributed by atoms with Crippen molar-refractivity contribution in [3.8, 4) is 0 Å². The number of rotatable bonds is 11. The Bertz CT molecular complexity index is 326. The molecule has 0 bridgehead atoms. The van der Waals surface area contributed by atoms with Gasteiger partial charge in [0.25, 0.3) is 0 Å². The van der Waals surface area contributed by atoms with Crippen molar-refractivity contribution in [3.63, 3.8) is 0 Å². The van der Waals surface area contributed by atoms with Crippen LogP contribution in [0.1, 0.15) is 59.3 Å². The number of hydrogen-bond donors (Lipinski definition) is 1. The second-order valence-corrected chi connectivity index (χ2v) is 5.58. The van der Waals surface area contributed by atoms with Gasteiger partial charge in [-0.2, -0.15) is 0 Å². The van der Waals surface area contributed by atoms with Crippen LogP contribution in [0.15, 0.2) is 36.5 Å². The van der Waals surface area contributed by atoms with Gasteiger partial charge in [0.05, 0.1) is 0 Å². The zero-order valence-corrected chi connectivity index (χ0v) is 13.5. The molecule has 114 valence electrons. The third-order valence-electron chi connectivity index (χ3n) is 3.08. The SMILES string of the molecule is C=C/C=C(\C=C/CCCCC)CNC(=O)CCC(C)C. The van der Waals surface area contributed by atoms with E-state index in [0.717, 1.165) is 18.4 Å². The first kappa shape index (κ1) is 18.7. The van der Waals surface area contributed by atoms with Crippen molar-refractivity contribution < 1.29 is 4.79 Å². The Kier molecular flexibility index (Phi) is 11.9. The van der Waals surface area contributed by atoms with E-state index in [4.69, 9.17) is 0 Å². The fourth-order valence-electron chi connectivity index (χ4n) is 1.78. The molecule has 0 aliphatic heterocycles. The van der Waals surface area contributed by atoms with Crippen LogP contribution in [0.2, 0.25) is 0 Å². The number of hydrogen-bond acceptors (Lipinski definition) is 1. The Balaban J connectivity index is 4.05. The van der Waals surface area contributed by atoms with Gasteiger partial charge in [0, 0.05) is 13.0 Å². The smallest absolute Gasteiger partial charge is 0.220 e. The second kappa shape index (κ2) is 12.7. The maximum Gasteiger partial charge on any atom is 0.220 e. The summed E-state index contributed by atoms with van der Waals surface area (Å²) in [6, 6.07) is 0. The molecule has 0 aliphatic rings. The highest BCUT2D eigenvalue weighted by Gasteiger charge is 2.03. The molecule has 0 heterocycles. The van der Waals surface area contributed by atoms with Crippen LogP contribution in [-0.4, -0.2) is 12.5 Å². The van der Waals surface area contributed by atoms with Crippen LogP contribution in [0.5, 0.6) is 0 Å². The maximum absolute atomic E-state index is 11.7. The molecule has 0 unspecified atom stereocenters. The molecule has 0 saturated carbocycles. The van der Waals surface area contributed by atoms with E-state index in [-0.39, 0.29) is 5.91 Å². The molecule has 20 heavy (non-hydrogen) atoms. The summed E-state index contributed by atoms with van der Waals surface area (Å²) in [5.41, 5.74) is 1.11. The van der Waals surface area contributed by atoms with E-state index in [1.54, 1.807) is 6.08 Å². The van der Waals surface area contributed by atoms with Gasteiger partial charge in [-0.15, -0.1) is 0 Å². The quantitative estimate of drug-likeness (QED) is 0.427. The van der Waals surface area contributed by atoms with E-state index in [9.17, 15) is 4.79 Å². The molecule has 0 radical (unpaired) electrons. The lowest BCUT2D eigenvalue weighted by atomic mass is 10.1. The first-order valence-corrected chi connectivity index (χ1v) is 7.85. The van der Waals surface area contributed by atoms with Crippen molar-refractivity contribution in [2.45, 2.75) is 59.3 Å². The lowest BCUT2D eigenvalue weighted by Gasteiger charge is -2.07. The van der Waals surface area contributed by atoms with Crippen LogP contribution in [0, 0.1) is 5.92 Å². The second-order valence-electron chi connectivity index (χ2n) is 5.58. The van der Waals surface area contributed by atoms with Gasteiger partial charge < -0.3 is 5.32 Å². The zero-order chi connectivity index (χ0) is 15.2. The molecule has 0 aromatic rings.